The highest BCUT2D eigenvalue weighted by Gasteiger charge is 2.14. The summed E-state index contributed by atoms with van der Waals surface area (Å²) in [6, 6.07) is 10.3. The van der Waals surface area contributed by atoms with Crippen molar-refractivity contribution in [2.45, 2.75) is 0 Å². The minimum absolute atomic E-state index is 0.0817. The number of nitrogens with zero attached hydrogens (tertiary/aromatic N) is 5. The predicted octanol–water partition coefficient (Wildman–Crippen LogP) is 1.34. The molecule has 0 N–H and O–H groups in total. The first-order chi connectivity index (χ1) is 12.0. The second-order valence-corrected chi connectivity index (χ2v) is 4.93. The second kappa shape index (κ2) is 6.43. The van der Waals surface area contributed by atoms with E-state index in [-0.39, 0.29) is 5.69 Å². The maximum atomic E-state index is 12.6. The number of nitro benzene ring substituents is 1. The molecule has 3 rings (SSSR count). The van der Waals surface area contributed by atoms with Crippen molar-refractivity contribution in [3.05, 3.63) is 63.1 Å². The van der Waals surface area contributed by atoms with Gasteiger partial charge < -0.3 is 9.47 Å². The minimum Gasteiger partial charge on any atom is -0.497 e. The van der Waals surface area contributed by atoms with Gasteiger partial charge in [-0.05, 0) is 22.6 Å². The van der Waals surface area contributed by atoms with Gasteiger partial charge in [-0.3, -0.25) is 10.1 Å². The van der Waals surface area contributed by atoms with E-state index < -0.39 is 10.6 Å². The van der Waals surface area contributed by atoms with Crippen molar-refractivity contribution in [3.8, 4) is 22.9 Å². The maximum absolute atomic E-state index is 12.6. The van der Waals surface area contributed by atoms with E-state index in [1.54, 1.807) is 18.2 Å². The molecule has 128 valence electrons. The molecule has 0 fully saturated rings. The third-order valence-electron chi connectivity index (χ3n) is 3.47. The Hall–Kier alpha value is -3.69. The molecular formula is C15H13N5O5. The number of rotatable bonds is 5. The van der Waals surface area contributed by atoms with Gasteiger partial charge in [0.25, 0.3) is 5.69 Å². The van der Waals surface area contributed by atoms with Crippen LogP contribution in [0.4, 0.5) is 5.69 Å². The fourth-order valence-electron chi connectivity index (χ4n) is 2.20. The second-order valence-electron chi connectivity index (χ2n) is 4.93. The van der Waals surface area contributed by atoms with Crippen molar-refractivity contribution in [2.75, 3.05) is 14.2 Å². The number of aromatic nitrogens is 4. The Labute approximate surface area is 141 Å². The number of non-ortho nitro benzene ring substituents is 1. The monoisotopic (exact) mass is 343 g/mol. The molecule has 0 spiro atoms. The zero-order valence-electron chi connectivity index (χ0n) is 13.3. The summed E-state index contributed by atoms with van der Waals surface area (Å²) in [6.45, 7) is 0. The van der Waals surface area contributed by atoms with Crippen LogP contribution in [0.15, 0.2) is 47.3 Å². The highest BCUT2D eigenvalue weighted by Crippen LogP contribution is 2.23. The van der Waals surface area contributed by atoms with E-state index in [4.69, 9.17) is 9.47 Å². The van der Waals surface area contributed by atoms with E-state index in [9.17, 15) is 14.9 Å². The first-order valence-electron chi connectivity index (χ1n) is 7.07. The standard InChI is InChI=1S/C15H13N5O5/c1-24-13-7-12(8-14(9-13)25-2)19-15(21)18(16-17-19)10-3-5-11(6-4-10)20(22)23/h3-9H,1-2H3. The smallest absolute Gasteiger partial charge is 0.373 e. The van der Waals surface area contributed by atoms with Gasteiger partial charge in [0.05, 0.1) is 30.5 Å². The summed E-state index contributed by atoms with van der Waals surface area (Å²) in [5.74, 6) is 0.984. The minimum atomic E-state index is -0.538. The molecule has 0 saturated carbocycles. The summed E-state index contributed by atoms with van der Waals surface area (Å²) in [7, 11) is 2.99. The number of tetrazole rings is 1. The largest absolute Gasteiger partial charge is 0.497 e. The van der Waals surface area contributed by atoms with Gasteiger partial charge in [0.15, 0.2) is 0 Å². The van der Waals surface area contributed by atoms with Gasteiger partial charge in [-0.2, -0.15) is 9.36 Å². The summed E-state index contributed by atoms with van der Waals surface area (Å²) < 4.78 is 12.5. The van der Waals surface area contributed by atoms with Crippen LogP contribution >= 0.6 is 0 Å². The fourth-order valence-corrected chi connectivity index (χ4v) is 2.20. The van der Waals surface area contributed by atoms with Crippen LogP contribution in [0.2, 0.25) is 0 Å². The Bertz CT molecular complexity index is 954. The Balaban J connectivity index is 2.04. The van der Waals surface area contributed by atoms with Gasteiger partial charge in [-0.15, -0.1) is 0 Å². The molecule has 0 aliphatic heterocycles. The average Bonchev–Trinajstić information content (AvgIpc) is 3.02. The molecule has 0 saturated heterocycles. The predicted molar refractivity (Wildman–Crippen MR) is 86.7 cm³/mol. The molecule has 0 bridgehead atoms. The molecule has 10 heteroatoms. The highest BCUT2D eigenvalue weighted by molar-refractivity contribution is 5.46. The van der Waals surface area contributed by atoms with Gasteiger partial charge >= 0.3 is 5.69 Å². The Morgan fingerprint density at radius 2 is 1.44 bits per heavy atom. The zero-order valence-corrected chi connectivity index (χ0v) is 13.3. The molecule has 0 atom stereocenters. The van der Waals surface area contributed by atoms with Crippen LogP contribution in [0, 0.1) is 10.1 Å². The van der Waals surface area contributed by atoms with Gasteiger partial charge in [-0.1, -0.05) is 0 Å². The Morgan fingerprint density at radius 3 is 1.92 bits per heavy atom. The Kier molecular flexibility index (Phi) is 4.16. The number of hydrogen-bond acceptors (Lipinski definition) is 7. The number of benzene rings is 2. The van der Waals surface area contributed by atoms with Crippen molar-refractivity contribution < 1.29 is 14.4 Å². The topological polar surface area (TPSA) is 114 Å². The van der Waals surface area contributed by atoms with Crippen molar-refractivity contribution in [1.29, 1.82) is 0 Å². The average molecular weight is 343 g/mol. The van der Waals surface area contributed by atoms with E-state index >= 15 is 0 Å². The van der Waals surface area contributed by atoms with E-state index in [2.05, 4.69) is 10.4 Å². The van der Waals surface area contributed by atoms with Crippen LogP contribution < -0.4 is 15.2 Å². The van der Waals surface area contributed by atoms with Crippen molar-refractivity contribution in [3.63, 3.8) is 0 Å². The quantitative estimate of drug-likeness (QED) is 0.507. The molecule has 0 radical (unpaired) electrons. The lowest BCUT2D eigenvalue weighted by Crippen LogP contribution is -2.23. The third-order valence-corrected chi connectivity index (χ3v) is 3.47. The lowest BCUT2D eigenvalue weighted by molar-refractivity contribution is -0.384. The molecule has 0 aliphatic rings. The molecule has 0 aliphatic carbocycles. The molecule has 3 aromatic rings. The van der Waals surface area contributed by atoms with Crippen molar-refractivity contribution in [1.82, 2.24) is 19.8 Å². The summed E-state index contributed by atoms with van der Waals surface area (Å²) in [5.41, 5.74) is 0.150. The molecule has 0 unspecified atom stereocenters. The van der Waals surface area contributed by atoms with E-state index in [0.717, 1.165) is 9.36 Å². The summed E-state index contributed by atoms with van der Waals surface area (Å²) in [5, 5.41) is 18.4. The van der Waals surface area contributed by atoms with Crippen LogP contribution in [-0.4, -0.2) is 38.9 Å². The number of methoxy groups -OCH3 is 2. The van der Waals surface area contributed by atoms with Crippen molar-refractivity contribution in [2.24, 2.45) is 0 Å². The SMILES string of the molecule is COc1cc(OC)cc(-n2nnn(-c3ccc([N+](=O)[O-])cc3)c2=O)c1. The molecule has 10 nitrogen and oxygen atoms in total. The van der Waals surface area contributed by atoms with Gasteiger partial charge in [0.2, 0.25) is 0 Å². The molecule has 25 heavy (non-hydrogen) atoms. The lowest BCUT2D eigenvalue weighted by Gasteiger charge is -2.07. The molecule has 1 aromatic heterocycles. The van der Waals surface area contributed by atoms with Crippen molar-refractivity contribution >= 4 is 5.69 Å². The highest BCUT2D eigenvalue weighted by atomic mass is 16.6. The normalized spacial score (nSPS) is 10.5. The van der Waals surface area contributed by atoms with Gasteiger partial charge in [0, 0.05) is 30.3 Å². The third kappa shape index (κ3) is 3.04. The number of nitro groups is 1. The van der Waals surface area contributed by atoms with Gasteiger partial charge in [0.1, 0.15) is 11.5 Å². The Morgan fingerprint density at radius 1 is 0.920 bits per heavy atom. The number of ether oxygens (including phenoxy) is 2. The number of hydrogen-bond donors (Lipinski definition) is 0. The summed E-state index contributed by atoms with van der Waals surface area (Å²) in [4.78, 5) is 22.8. The van der Waals surface area contributed by atoms with Crippen LogP contribution in [0.5, 0.6) is 11.5 Å². The molecule has 2 aromatic carbocycles. The van der Waals surface area contributed by atoms with E-state index in [1.807, 2.05) is 0 Å². The molecular weight excluding hydrogens is 330 g/mol. The van der Waals surface area contributed by atoms with Crippen LogP contribution in [0.25, 0.3) is 11.4 Å². The molecule has 0 amide bonds. The zero-order chi connectivity index (χ0) is 18.0. The summed E-state index contributed by atoms with van der Waals surface area (Å²) in [6.07, 6.45) is 0. The summed E-state index contributed by atoms with van der Waals surface area (Å²) >= 11 is 0. The maximum Gasteiger partial charge on any atom is 0.373 e. The van der Waals surface area contributed by atoms with E-state index in [1.165, 1.54) is 38.5 Å². The first kappa shape index (κ1) is 16.2. The van der Waals surface area contributed by atoms with Crippen LogP contribution in [0.1, 0.15) is 0 Å². The van der Waals surface area contributed by atoms with Crippen LogP contribution in [0.3, 0.4) is 0 Å². The molecule has 1 heterocycles. The van der Waals surface area contributed by atoms with Gasteiger partial charge in [-0.25, -0.2) is 4.79 Å². The van der Waals surface area contributed by atoms with Crippen LogP contribution in [-0.2, 0) is 0 Å². The van der Waals surface area contributed by atoms with E-state index in [0.29, 0.717) is 22.9 Å². The first-order valence-corrected chi connectivity index (χ1v) is 7.07. The lowest BCUT2D eigenvalue weighted by atomic mass is 10.3. The fraction of sp³-hybridized carbons (Fsp3) is 0.133.